The van der Waals surface area contributed by atoms with Gasteiger partial charge in [0, 0.05) is 12.6 Å². The summed E-state index contributed by atoms with van der Waals surface area (Å²) in [6, 6.07) is 2.29. The first-order valence-corrected chi connectivity index (χ1v) is 8.20. The second kappa shape index (κ2) is 5.16. The fourth-order valence-corrected chi connectivity index (χ4v) is 4.56. The number of nitrogens with two attached hydrogens (primary N) is 1. The largest absolute Gasteiger partial charge is 0.397 e. The molecule has 2 heterocycles. The molecule has 1 aliphatic carbocycles. The topological polar surface area (TPSA) is 46.3 Å². The number of likely N-dealkylation sites (tertiary alicyclic amines) is 1. The molecule has 4 heteroatoms. The lowest BCUT2D eigenvalue weighted by Gasteiger charge is -2.47. The van der Waals surface area contributed by atoms with Gasteiger partial charge in [-0.15, -0.1) is 11.3 Å². The van der Waals surface area contributed by atoms with E-state index in [2.05, 4.69) is 11.8 Å². The van der Waals surface area contributed by atoms with Gasteiger partial charge in [0.05, 0.1) is 5.69 Å². The lowest BCUT2D eigenvalue weighted by molar-refractivity contribution is 0.0222. The molecule has 0 aromatic carbocycles. The van der Waals surface area contributed by atoms with E-state index in [0.29, 0.717) is 17.6 Å². The van der Waals surface area contributed by atoms with Gasteiger partial charge < -0.3 is 10.6 Å². The highest BCUT2D eigenvalue weighted by molar-refractivity contribution is 7.12. The molecule has 1 saturated carbocycles. The van der Waals surface area contributed by atoms with Crippen LogP contribution in [0.5, 0.6) is 0 Å². The molecular weight excluding hydrogens is 256 g/mol. The Morgan fingerprint density at radius 1 is 1.37 bits per heavy atom. The van der Waals surface area contributed by atoms with E-state index in [1.165, 1.54) is 37.0 Å². The first-order valence-electron chi connectivity index (χ1n) is 7.32. The number of amides is 1. The lowest BCUT2D eigenvalue weighted by Crippen LogP contribution is -2.52. The summed E-state index contributed by atoms with van der Waals surface area (Å²) in [4.78, 5) is 15.6. The summed E-state index contributed by atoms with van der Waals surface area (Å²) in [5, 5.41) is 1.91. The minimum Gasteiger partial charge on any atom is -0.397 e. The summed E-state index contributed by atoms with van der Waals surface area (Å²) < 4.78 is 0. The van der Waals surface area contributed by atoms with Crippen molar-refractivity contribution < 1.29 is 4.79 Å². The van der Waals surface area contributed by atoms with Crippen LogP contribution in [0, 0.1) is 11.8 Å². The van der Waals surface area contributed by atoms with Gasteiger partial charge in [-0.2, -0.15) is 0 Å². The summed E-state index contributed by atoms with van der Waals surface area (Å²) in [6.45, 7) is 3.25. The van der Waals surface area contributed by atoms with E-state index in [4.69, 9.17) is 5.73 Å². The van der Waals surface area contributed by atoms with Crippen molar-refractivity contribution in [3.63, 3.8) is 0 Å². The highest BCUT2D eigenvalue weighted by Gasteiger charge is 2.40. The summed E-state index contributed by atoms with van der Waals surface area (Å²) in [6.07, 6.45) is 6.19. The Hall–Kier alpha value is -1.03. The number of anilines is 1. The van der Waals surface area contributed by atoms with E-state index in [0.717, 1.165) is 23.8 Å². The maximum Gasteiger partial charge on any atom is 0.266 e. The van der Waals surface area contributed by atoms with Crippen molar-refractivity contribution in [2.24, 2.45) is 11.8 Å². The van der Waals surface area contributed by atoms with Crippen LogP contribution in [0.25, 0.3) is 0 Å². The maximum absolute atomic E-state index is 12.7. The SMILES string of the molecule is CC1CCN(C(=O)c2sccc2N)C2CCCCC12. The van der Waals surface area contributed by atoms with Crippen LogP contribution in [-0.4, -0.2) is 23.4 Å². The number of nitrogen functional groups attached to an aromatic ring is 1. The van der Waals surface area contributed by atoms with E-state index in [1.807, 2.05) is 11.4 Å². The number of hydrogen-bond acceptors (Lipinski definition) is 3. The van der Waals surface area contributed by atoms with E-state index < -0.39 is 0 Å². The van der Waals surface area contributed by atoms with Crippen molar-refractivity contribution >= 4 is 22.9 Å². The number of carbonyl (C=O) groups is 1. The zero-order valence-electron chi connectivity index (χ0n) is 11.5. The summed E-state index contributed by atoms with van der Waals surface area (Å²) in [7, 11) is 0. The maximum atomic E-state index is 12.7. The summed E-state index contributed by atoms with van der Waals surface area (Å²) in [5.41, 5.74) is 6.55. The summed E-state index contributed by atoms with van der Waals surface area (Å²) in [5.74, 6) is 1.62. The van der Waals surface area contributed by atoms with E-state index in [-0.39, 0.29) is 5.91 Å². The number of thiophene rings is 1. The molecule has 104 valence electrons. The Bertz CT molecular complexity index is 470. The standard InChI is InChI=1S/C15H22N2OS/c1-10-6-8-17(13-5-3-2-4-11(10)13)15(18)14-12(16)7-9-19-14/h7,9-11,13H,2-6,8,16H2,1H3. The van der Waals surface area contributed by atoms with Crippen LogP contribution in [0.2, 0.25) is 0 Å². The number of nitrogens with zero attached hydrogens (tertiary/aromatic N) is 1. The molecule has 1 aliphatic heterocycles. The predicted octanol–water partition coefficient (Wildman–Crippen LogP) is 3.37. The number of hydrogen-bond donors (Lipinski definition) is 1. The van der Waals surface area contributed by atoms with Crippen molar-refractivity contribution in [1.29, 1.82) is 0 Å². The molecule has 1 amide bonds. The fraction of sp³-hybridized carbons (Fsp3) is 0.667. The number of carbonyl (C=O) groups excluding carboxylic acids is 1. The molecule has 1 aromatic rings. The molecule has 2 fully saturated rings. The molecule has 3 atom stereocenters. The van der Waals surface area contributed by atoms with Gasteiger partial charge in [-0.25, -0.2) is 0 Å². The molecule has 19 heavy (non-hydrogen) atoms. The number of fused-ring (bicyclic) bond motifs is 1. The van der Waals surface area contributed by atoms with Crippen molar-refractivity contribution in [1.82, 2.24) is 4.90 Å². The van der Waals surface area contributed by atoms with Crippen molar-refractivity contribution in [2.45, 2.75) is 45.1 Å². The minimum atomic E-state index is 0.163. The van der Waals surface area contributed by atoms with Gasteiger partial charge in [-0.1, -0.05) is 19.8 Å². The summed E-state index contributed by atoms with van der Waals surface area (Å²) >= 11 is 1.48. The van der Waals surface area contributed by atoms with E-state index >= 15 is 0 Å². The Balaban J connectivity index is 1.84. The van der Waals surface area contributed by atoms with Crippen molar-refractivity contribution in [3.05, 3.63) is 16.3 Å². The van der Waals surface area contributed by atoms with Gasteiger partial charge in [0.15, 0.2) is 0 Å². The Morgan fingerprint density at radius 2 is 2.16 bits per heavy atom. The zero-order chi connectivity index (χ0) is 13.4. The van der Waals surface area contributed by atoms with Gasteiger partial charge in [0.1, 0.15) is 4.88 Å². The quantitative estimate of drug-likeness (QED) is 0.856. The third-order valence-corrected chi connectivity index (χ3v) is 5.81. The van der Waals surface area contributed by atoms with Crippen LogP contribution in [-0.2, 0) is 0 Å². The van der Waals surface area contributed by atoms with Gasteiger partial charge in [0.2, 0.25) is 0 Å². The van der Waals surface area contributed by atoms with Crippen molar-refractivity contribution in [2.75, 3.05) is 12.3 Å². The molecule has 3 unspecified atom stereocenters. The molecule has 3 rings (SSSR count). The normalized spacial score (nSPS) is 31.0. The molecule has 1 saturated heterocycles. The highest BCUT2D eigenvalue weighted by atomic mass is 32.1. The van der Waals surface area contributed by atoms with Gasteiger partial charge >= 0.3 is 0 Å². The number of rotatable bonds is 1. The Kier molecular flexibility index (Phi) is 3.52. The predicted molar refractivity (Wildman–Crippen MR) is 79.3 cm³/mol. The Labute approximate surface area is 118 Å². The van der Waals surface area contributed by atoms with Crippen LogP contribution in [0.4, 0.5) is 5.69 Å². The smallest absolute Gasteiger partial charge is 0.266 e. The average molecular weight is 278 g/mol. The molecule has 2 N–H and O–H groups in total. The second-order valence-corrected chi connectivity index (χ2v) is 6.90. The first kappa shape index (κ1) is 13.0. The van der Waals surface area contributed by atoms with Gasteiger partial charge in [0.25, 0.3) is 5.91 Å². The van der Waals surface area contributed by atoms with Gasteiger partial charge in [-0.3, -0.25) is 4.79 Å². The van der Waals surface area contributed by atoms with Crippen LogP contribution >= 0.6 is 11.3 Å². The first-order chi connectivity index (χ1) is 9.18. The molecule has 0 spiro atoms. The molecular formula is C15H22N2OS. The van der Waals surface area contributed by atoms with Crippen molar-refractivity contribution in [3.8, 4) is 0 Å². The molecule has 0 radical (unpaired) electrons. The van der Waals surface area contributed by atoms with E-state index in [1.54, 1.807) is 0 Å². The third kappa shape index (κ3) is 2.27. The van der Waals surface area contributed by atoms with Crippen LogP contribution in [0.3, 0.4) is 0 Å². The average Bonchev–Trinajstić information content (AvgIpc) is 2.85. The van der Waals surface area contributed by atoms with Crippen LogP contribution < -0.4 is 5.73 Å². The fourth-order valence-electron chi connectivity index (χ4n) is 3.79. The van der Waals surface area contributed by atoms with Gasteiger partial charge in [-0.05, 0) is 42.5 Å². The van der Waals surface area contributed by atoms with Crippen LogP contribution in [0.15, 0.2) is 11.4 Å². The molecule has 3 nitrogen and oxygen atoms in total. The second-order valence-electron chi connectivity index (χ2n) is 5.99. The molecule has 2 aliphatic rings. The zero-order valence-corrected chi connectivity index (χ0v) is 12.3. The van der Waals surface area contributed by atoms with E-state index in [9.17, 15) is 4.79 Å². The minimum absolute atomic E-state index is 0.163. The van der Waals surface area contributed by atoms with Crippen LogP contribution in [0.1, 0.15) is 48.7 Å². The molecule has 0 bridgehead atoms. The third-order valence-electron chi connectivity index (χ3n) is 4.89. The lowest BCUT2D eigenvalue weighted by atomic mass is 9.72. The molecule has 1 aromatic heterocycles. The Morgan fingerprint density at radius 3 is 2.89 bits per heavy atom. The monoisotopic (exact) mass is 278 g/mol. The number of piperidine rings is 1. The highest BCUT2D eigenvalue weighted by Crippen LogP contribution is 2.39.